The van der Waals surface area contributed by atoms with E-state index in [0.717, 1.165) is 28.6 Å². The van der Waals surface area contributed by atoms with E-state index >= 15 is 0 Å². The van der Waals surface area contributed by atoms with E-state index in [1.54, 1.807) is 6.20 Å². The molecule has 1 aromatic heterocycles. The summed E-state index contributed by atoms with van der Waals surface area (Å²) in [4.78, 5) is 2.50. The van der Waals surface area contributed by atoms with Crippen molar-refractivity contribution in [3.05, 3.63) is 58.7 Å². The summed E-state index contributed by atoms with van der Waals surface area (Å²) >= 11 is 3.01. The third-order valence-electron chi connectivity index (χ3n) is 3.78. The van der Waals surface area contributed by atoms with Gasteiger partial charge in [0.05, 0.1) is 0 Å². The zero-order chi connectivity index (χ0) is 19.7. The van der Waals surface area contributed by atoms with Gasteiger partial charge >= 0.3 is 6.36 Å². The molecule has 0 saturated heterocycles. The van der Waals surface area contributed by atoms with Crippen molar-refractivity contribution < 1.29 is 26.3 Å². The van der Waals surface area contributed by atoms with Crippen LogP contribution in [0.2, 0.25) is 0 Å². The minimum atomic E-state index is -5.00. The minimum absolute atomic E-state index is 0.0195. The topological polar surface area (TPSA) is 71.2 Å². The molecule has 2 N–H and O–H groups in total. The zero-order valence-electron chi connectivity index (χ0n) is 13.7. The molecule has 0 bridgehead atoms. The monoisotopic (exact) mass is 462 g/mol. The van der Waals surface area contributed by atoms with Crippen LogP contribution in [0.1, 0.15) is 5.56 Å². The van der Waals surface area contributed by atoms with Crippen LogP contribution in [0.15, 0.2) is 58.0 Å². The first-order valence-electron chi connectivity index (χ1n) is 7.76. The number of ether oxygens (including phenoxy) is 1. The summed E-state index contributed by atoms with van der Waals surface area (Å²) in [7, 11) is -4.19. The van der Waals surface area contributed by atoms with Crippen LogP contribution in [0.5, 0.6) is 5.75 Å². The van der Waals surface area contributed by atoms with Gasteiger partial charge < -0.3 is 9.72 Å². The number of para-hydroxylation sites is 1. The van der Waals surface area contributed by atoms with Crippen LogP contribution >= 0.6 is 15.9 Å². The van der Waals surface area contributed by atoms with E-state index in [0.29, 0.717) is 6.42 Å². The number of nitrogens with one attached hydrogen (secondary N) is 2. The van der Waals surface area contributed by atoms with Crippen LogP contribution in [0.3, 0.4) is 0 Å². The normalized spacial score (nSPS) is 12.4. The van der Waals surface area contributed by atoms with Crippen molar-refractivity contribution in [3.63, 3.8) is 0 Å². The van der Waals surface area contributed by atoms with E-state index in [1.807, 2.05) is 24.3 Å². The molecular weight excluding hydrogens is 449 g/mol. The predicted molar refractivity (Wildman–Crippen MR) is 98.0 cm³/mol. The molecule has 0 fully saturated rings. The van der Waals surface area contributed by atoms with Crippen molar-refractivity contribution in [1.29, 1.82) is 0 Å². The van der Waals surface area contributed by atoms with Gasteiger partial charge in [-0.05, 0) is 36.2 Å². The average Bonchev–Trinajstić information content (AvgIpc) is 2.96. The summed E-state index contributed by atoms with van der Waals surface area (Å²) in [5.74, 6) is -0.795. The fourth-order valence-corrected chi connectivity index (χ4v) is 4.12. The number of aromatic nitrogens is 1. The molecule has 0 radical (unpaired) electrons. The SMILES string of the molecule is O=S(=O)(NCCc1c[nH]c2ccccc12)c1ccc(Br)cc1OC(F)(F)F. The molecule has 1 heterocycles. The van der Waals surface area contributed by atoms with Crippen molar-refractivity contribution >= 4 is 36.9 Å². The maximum absolute atomic E-state index is 12.6. The van der Waals surface area contributed by atoms with Gasteiger partial charge in [0.15, 0.2) is 5.75 Å². The highest BCUT2D eigenvalue weighted by atomic mass is 79.9. The van der Waals surface area contributed by atoms with Crippen molar-refractivity contribution in [2.24, 2.45) is 0 Å². The maximum atomic E-state index is 12.6. The molecule has 144 valence electrons. The second kappa shape index (κ2) is 7.53. The number of H-pyrrole nitrogens is 1. The maximum Gasteiger partial charge on any atom is 0.573 e. The van der Waals surface area contributed by atoms with E-state index in [2.05, 4.69) is 30.4 Å². The molecule has 0 unspecified atom stereocenters. The first kappa shape index (κ1) is 19.7. The molecule has 0 aliphatic carbocycles. The molecule has 0 spiro atoms. The number of fused-ring (bicyclic) bond motifs is 1. The summed E-state index contributed by atoms with van der Waals surface area (Å²) in [5.41, 5.74) is 1.82. The third kappa shape index (κ3) is 4.82. The summed E-state index contributed by atoms with van der Waals surface area (Å²) in [6, 6.07) is 10.9. The molecule has 0 aliphatic heterocycles. The number of benzene rings is 2. The Morgan fingerprint density at radius 3 is 2.63 bits per heavy atom. The minimum Gasteiger partial charge on any atom is -0.404 e. The number of alkyl halides is 3. The smallest absolute Gasteiger partial charge is 0.404 e. The van der Waals surface area contributed by atoms with Gasteiger partial charge in [0.2, 0.25) is 10.0 Å². The number of hydrogen-bond acceptors (Lipinski definition) is 3. The molecule has 3 rings (SSSR count). The van der Waals surface area contributed by atoms with Crippen molar-refractivity contribution in [3.8, 4) is 5.75 Å². The molecule has 0 aliphatic rings. The van der Waals surface area contributed by atoms with Gasteiger partial charge in [-0.15, -0.1) is 13.2 Å². The van der Waals surface area contributed by atoms with E-state index in [1.165, 1.54) is 6.07 Å². The van der Waals surface area contributed by atoms with E-state index in [9.17, 15) is 21.6 Å². The molecule has 5 nitrogen and oxygen atoms in total. The number of rotatable bonds is 6. The van der Waals surface area contributed by atoms with Gasteiger partial charge in [-0.2, -0.15) is 0 Å². The Hall–Kier alpha value is -2.04. The van der Waals surface area contributed by atoms with Crippen molar-refractivity contribution in [1.82, 2.24) is 9.71 Å². The van der Waals surface area contributed by atoms with Gasteiger partial charge in [-0.3, -0.25) is 0 Å². The lowest BCUT2D eigenvalue weighted by molar-refractivity contribution is -0.275. The Morgan fingerprint density at radius 2 is 1.89 bits per heavy atom. The summed E-state index contributed by atoms with van der Waals surface area (Å²) in [6.07, 6.45) is -2.86. The van der Waals surface area contributed by atoms with Gasteiger partial charge in [-0.1, -0.05) is 34.1 Å². The van der Waals surface area contributed by atoms with Gasteiger partial charge in [0.1, 0.15) is 4.90 Å². The van der Waals surface area contributed by atoms with Crippen LogP contribution in [0.4, 0.5) is 13.2 Å². The van der Waals surface area contributed by atoms with E-state index in [-0.39, 0.29) is 11.0 Å². The molecular formula is C17H14BrF3N2O3S. The standard InChI is InChI=1S/C17H14BrF3N2O3S/c18-12-5-6-16(15(9-12)26-17(19,20)21)27(24,25)23-8-7-11-10-22-14-4-2-1-3-13(11)14/h1-6,9-10,22-23H,7-8H2. The highest BCUT2D eigenvalue weighted by Gasteiger charge is 2.34. The molecule has 0 amide bonds. The Labute approximate surface area is 161 Å². The lowest BCUT2D eigenvalue weighted by Crippen LogP contribution is -2.27. The van der Waals surface area contributed by atoms with Crippen LogP contribution in [0.25, 0.3) is 10.9 Å². The number of hydrogen-bond donors (Lipinski definition) is 2. The lowest BCUT2D eigenvalue weighted by atomic mass is 10.1. The molecule has 2 aromatic carbocycles. The molecule has 0 atom stereocenters. The summed E-state index contributed by atoms with van der Waals surface area (Å²) in [5, 5.41) is 0.960. The predicted octanol–water partition coefficient (Wildman–Crippen LogP) is 4.35. The van der Waals surface area contributed by atoms with Crippen LogP contribution < -0.4 is 9.46 Å². The average molecular weight is 463 g/mol. The fourth-order valence-electron chi connectivity index (χ4n) is 2.64. The summed E-state index contributed by atoms with van der Waals surface area (Å²) in [6.45, 7) is 0.0195. The second-order valence-corrected chi connectivity index (χ2v) is 8.30. The molecule has 0 saturated carbocycles. The van der Waals surface area contributed by atoms with Crippen molar-refractivity contribution in [2.75, 3.05) is 6.54 Å². The van der Waals surface area contributed by atoms with Crippen LogP contribution in [0, 0.1) is 0 Å². The van der Waals surface area contributed by atoms with Crippen molar-refractivity contribution in [2.45, 2.75) is 17.7 Å². The number of aromatic amines is 1. The lowest BCUT2D eigenvalue weighted by Gasteiger charge is -2.14. The van der Waals surface area contributed by atoms with Gasteiger partial charge in [-0.25, -0.2) is 13.1 Å². The Bertz CT molecular complexity index is 1060. The van der Waals surface area contributed by atoms with Crippen LogP contribution in [-0.2, 0) is 16.4 Å². The Morgan fingerprint density at radius 1 is 1.15 bits per heavy atom. The largest absolute Gasteiger partial charge is 0.573 e. The van der Waals surface area contributed by atoms with Crippen LogP contribution in [-0.4, -0.2) is 26.3 Å². The third-order valence-corrected chi connectivity index (χ3v) is 5.78. The highest BCUT2D eigenvalue weighted by molar-refractivity contribution is 9.10. The second-order valence-electron chi connectivity index (χ2n) is 5.65. The number of halogens is 4. The molecule has 3 aromatic rings. The Kier molecular flexibility index (Phi) is 5.50. The molecule has 10 heteroatoms. The number of sulfonamides is 1. The van der Waals surface area contributed by atoms with E-state index in [4.69, 9.17) is 0 Å². The first-order chi connectivity index (χ1) is 12.7. The zero-order valence-corrected chi connectivity index (χ0v) is 16.1. The Balaban J connectivity index is 1.77. The molecule has 27 heavy (non-hydrogen) atoms. The van der Waals surface area contributed by atoms with Gasteiger partial charge in [0.25, 0.3) is 0 Å². The van der Waals surface area contributed by atoms with Gasteiger partial charge in [0, 0.05) is 28.1 Å². The summed E-state index contributed by atoms with van der Waals surface area (Å²) < 4.78 is 69.1. The highest BCUT2D eigenvalue weighted by Crippen LogP contribution is 2.32. The quantitative estimate of drug-likeness (QED) is 0.571. The fraction of sp³-hybridized carbons (Fsp3) is 0.176. The first-order valence-corrected chi connectivity index (χ1v) is 10.0. The van der Waals surface area contributed by atoms with E-state index < -0.39 is 27.0 Å².